The Bertz CT molecular complexity index is 1210. The minimum absolute atomic E-state index is 0.311. The van der Waals surface area contributed by atoms with E-state index in [2.05, 4.69) is 131 Å². The average Bonchev–Trinajstić information content (AvgIpc) is 3.34. The standard InChI is InChI=1S/C48H104O9Si6/c1-19-58(20-2,21-3)50-39-42-44(41(37-38-49-42)54-60(25-7,26-8)27-9)53-48-47(57-63(34-16,35-17)36-18)46(56-62(31-13,32-14)33-15)45(55-61(28-10,29-11)30-12)43(52-48)40-51-59(22-4,23-5)24-6/h37-38,41-48H,19-36,39-40H2,1-18H3/t41-,42?,43?,44+,45+,46?,47?,48+/m1/s1. The fourth-order valence-corrected chi connectivity index (χ4v) is 27.1. The monoisotopic (exact) mass is 993 g/mol. The van der Waals surface area contributed by atoms with E-state index in [-0.39, 0.29) is 24.4 Å². The maximum absolute atomic E-state index is 7.93. The number of hydrogen-bond donors (Lipinski definition) is 0. The van der Waals surface area contributed by atoms with E-state index in [9.17, 15) is 0 Å². The van der Waals surface area contributed by atoms with Gasteiger partial charge in [-0.25, -0.2) is 0 Å². The van der Waals surface area contributed by atoms with Gasteiger partial charge in [0, 0.05) is 0 Å². The highest BCUT2D eigenvalue weighted by Gasteiger charge is 2.57. The first kappa shape index (κ1) is 59.6. The molecule has 0 aliphatic carbocycles. The fourth-order valence-electron chi connectivity index (χ4n) is 10.5. The van der Waals surface area contributed by atoms with Gasteiger partial charge in [-0.15, -0.1) is 0 Å². The van der Waals surface area contributed by atoms with E-state index in [0.717, 1.165) is 109 Å². The van der Waals surface area contributed by atoms with E-state index in [1.807, 2.05) is 6.26 Å². The summed E-state index contributed by atoms with van der Waals surface area (Å²) >= 11 is 0. The Labute approximate surface area is 396 Å². The third-order valence-electron chi connectivity index (χ3n) is 17.3. The molecule has 0 spiro atoms. The highest BCUT2D eigenvalue weighted by Crippen LogP contribution is 2.42. The fraction of sp³-hybridized carbons (Fsp3) is 0.958. The summed E-state index contributed by atoms with van der Waals surface area (Å²) in [5.41, 5.74) is 0. The Morgan fingerprint density at radius 3 is 1.03 bits per heavy atom. The molecule has 2 rings (SSSR count). The van der Waals surface area contributed by atoms with E-state index in [1.165, 1.54) is 0 Å². The molecule has 4 unspecified atom stereocenters. The van der Waals surface area contributed by atoms with Crippen molar-refractivity contribution in [2.45, 2.75) is 282 Å². The molecule has 0 radical (unpaired) electrons. The highest BCUT2D eigenvalue weighted by atomic mass is 28.4. The summed E-state index contributed by atoms with van der Waals surface area (Å²) in [6, 6.07) is 18.8. The molecule has 1 saturated heterocycles. The zero-order chi connectivity index (χ0) is 47.5. The van der Waals surface area contributed by atoms with Crippen LogP contribution in [0.1, 0.15) is 125 Å². The van der Waals surface area contributed by atoms with E-state index in [4.69, 9.17) is 40.8 Å². The summed E-state index contributed by atoms with van der Waals surface area (Å²) in [5, 5.41) is 0. The van der Waals surface area contributed by atoms with Crippen LogP contribution >= 0.6 is 0 Å². The van der Waals surface area contributed by atoms with Gasteiger partial charge in [0.05, 0.1) is 25.6 Å². The zero-order valence-corrected chi connectivity index (χ0v) is 50.6. The highest BCUT2D eigenvalue weighted by molar-refractivity contribution is 6.75. The van der Waals surface area contributed by atoms with Crippen molar-refractivity contribution in [1.82, 2.24) is 0 Å². The molecule has 0 aromatic carbocycles. The number of rotatable bonds is 34. The van der Waals surface area contributed by atoms with Gasteiger partial charge in [-0.05, 0) is 115 Å². The van der Waals surface area contributed by atoms with Gasteiger partial charge in [0.1, 0.15) is 36.6 Å². The van der Waals surface area contributed by atoms with E-state index in [0.29, 0.717) is 13.2 Å². The maximum Gasteiger partial charge on any atom is 0.193 e. The van der Waals surface area contributed by atoms with Crippen LogP contribution in [0.5, 0.6) is 0 Å². The third kappa shape index (κ3) is 14.8. The predicted molar refractivity (Wildman–Crippen MR) is 282 cm³/mol. The summed E-state index contributed by atoms with van der Waals surface area (Å²) < 4.78 is 67.3. The number of hydrogen-bond acceptors (Lipinski definition) is 9. The summed E-state index contributed by atoms with van der Waals surface area (Å²) in [7, 11) is -12.8. The molecule has 1 fully saturated rings. The lowest BCUT2D eigenvalue weighted by atomic mass is 9.98. The molecule has 0 saturated carbocycles. The largest absolute Gasteiger partial charge is 0.493 e. The zero-order valence-electron chi connectivity index (χ0n) is 44.6. The van der Waals surface area contributed by atoms with Crippen molar-refractivity contribution < 1.29 is 40.8 Å². The van der Waals surface area contributed by atoms with Crippen LogP contribution < -0.4 is 0 Å². The second-order valence-electron chi connectivity index (χ2n) is 19.1. The second kappa shape index (κ2) is 28.3. The summed E-state index contributed by atoms with van der Waals surface area (Å²) in [4.78, 5) is 0. The summed E-state index contributed by atoms with van der Waals surface area (Å²) in [6.07, 6.45) is 0.451. The van der Waals surface area contributed by atoms with Crippen LogP contribution in [0, 0.1) is 0 Å². The van der Waals surface area contributed by atoms with E-state index >= 15 is 0 Å². The van der Waals surface area contributed by atoms with Crippen molar-refractivity contribution in [3.8, 4) is 0 Å². The molecule has 9 nitrogen and oxygen atoms in total. The lowest BCUT2D eigenvalue weighted by Crippen LogP contribution is -2.69. The van der Waals surface area contributed by atoms with Crippen LogP contribution in [-0.2, 0) is 40.8 Å². The van der Waals surface area contributed by atoms with Gasteiger partial charge >= 0.3 is 0 Å². The quantitative estimate of drug-likeness (QED) is 0.0585. The molecule has 2 aliphatic heterocycles. The molecule has 0 bridgehead atoms. The average molecular weight is 994 g/mol. The minimum atomic E-state index is -2.29. The van der Waals surface area contributed by atoms with Crippen LogP contribution in [0.3, 0.4) is 0 Å². The number of ether oxygens (including phenoxy) is 3. The van der Waals surface area contributed by atoms with Crippen molar-refractivity contribution in [3.63, 3.8) is 0 Å². The van der Waals surface area contributed by atoms with Gasteiger partial charge in [-0.1, -0.05) is 125 Å². The summed E-state index contributed by atoms with van der Waals surface area (Å²) in [6.45, 7) is 42.6. The second-order valence-corrected chi connectivity index (χ2v) is 47.5. The Kier molecular flexibility index (Phi) is 26.7. The molecule has 15 heteroatoms. The van der Waals surface area contributed by atoms with Crippen molar-refractivity contribution >= 4 is 49.9 Å². The normalized spacial score (nSPS) is 25.4. The van der Waals surface area contributed by atoms with Gasteiger partial charge in [-0.3, -0.25) is 0 Å². The minimum Gasteiger partial charge on any atom is -0.493 e. The molecule has 63 heavy (non-hydrogen) atoms. The van der Waals surface area contributed by atoms with Crippen LogP contribution in [0.4, 0.5) is 0 Å². The molecule has 0 aromatic rings. The van der Waals surface area contributed by atoms with E-state index < -0.39 is 74.5 Å². The molecule has 374 valence electrons. The molecule has 0 N–H and O–H groups in total. The topological polar surface area (TPSA) is 83.1 Å². The van der Waals surface area contributed by atoms with Gasteiger partial charge in [-0.2, -0.15) is 0 Å². The van der Waals surface area contributed by atoms with Crippen molar-refractivity contribution in [2.24, 2.45) is 0 Å². The molecule has 0 amide bonds. The summed E-state index contributed by atoms with van der Waals surface area (Å²) in [5.74, 6) is 0. The van der Waals surface area contributed by atoms with Gasteiger partial charge in [0.2, 0.25) is 0 Å². The molecule has 8 atom stereocenters. The SMILES string of the molecule is CC[Si](CC)(CC)OCC1O[C@@H](O[C@@H]2C(CO[Si](CC)(CC)CC)OC=C[C@H]2O[Si](CC)(CC)CC)C(O[Si](CC)(CC)CC)C(O[Si](CC)(CC)CC)[C@H]1O[Si](CC)(CC)CC. The Hall–Kier alpha value is 0.521. The molecule has 2 aliphatic rings. The molecule has 0 aromatic heterocycles. The molecular weight excluding hydrogens is 889 g/mol. The molecule has 2 heterocycles. The van der Waals surface area contributed by atoms with Gasteiger partial charge in [0.25, 0.3) is 0 Å². The third-order valence-corrected chi connectivity index (χ3v) is 45.2. The van der Waals surface area contributed by atoms with Gasteiger partial charge < -0.3 is 40.8 Å². The smallest absolute Gasteiger partial charge is 0.193 e. The Morgan fingerprint density at radius 2 is 0.667 bits per heavy atom. The first-order valence-corrected chi connectivity index (χ1v) is 41.9. The lowest BCUT2D eigenvalue weighted by molar-refractivity contribution is -0.315. The van der Waals surface area contributed by atoms with Gasteiger partial charge in [0.15, 0.2) is 56.2 Å². The van der Waals surface area contributed by atoms with Crippen molar-refractivity contribution in [1.29, 1.82) is 0 Å². The lowest BCUT2D eigenvalue weighted by Gasteiger charge is -2.54. The van der Waals surface area contributed by atoms with Crippen LogP contribution in [0.15, 0.2) is 12.3 Å². The first-order valence-electron chi connectivity index (χ1n) is 26.7. The van der Waals surface area contributed by atoms with Crippen molar-refractivity contribution in [3.05, 3.63) is 12.3 Å². The first-order chi connectivity index (χ1) is 30.1. The van der Waals surface area contributed by atoms with Crippen LogP contribution in [-0.4, -0.2) is 112 Å². The maximum atomic E-state index is 7.93. The van der Waals surface area contributed by atoms with E-state index in [1.54, 1.807) is 0 Å². The van der Waals surface area contributed by atoms with Crippen molar-refractivity contribution in [2.75, 3.05) is 13.2 Å². The Morgan fingerprint density at radius 1 is 0.349 bits per heavy atom. The van der Waals surface area contributed by atoms with Crippen LogP contribution in [0.2, 0.25) is 109 Å². The predicted octanol–water partition coefficient (Wildman–Crippen LogP) is 14.6. The Balaban J connectivity index is 3.08. The molecular formula is C48H104O9Si6. The van der Waals surface area contributed by atoms with Crippen LogP contribution in [0.25, 0.3) is 0 Å².